The number of halogens is 1. The number of ketones is 1. The van der Waals surface area contributed by atoms with Gasteiger partial charge in [-0.1, -0.05) is 29.3 Å². The standard InChI is InChI=1S/C14H16BrNO5/c1-2-3-8-21-13(17)9-12(15)14(18)10-4-6-11(7-5-10)16(19)20/h4-7,12H,2-3,8-9H2,1H3. The Balaban J connectivity index is 2.57. The van der Waals surface area contributed by atoms with E-state index in [2.05, 4.69) is 15.9 Å². The molecule has 0 aliphatic rings. The number of carbonyl (C=O) groups is 2. The lowest BCUT2D eigenvalue weighted by molar-refractivity contribution is -0.384. The minimum Gasteiger partial charge on any atom is -0.466 e. The first-order chi connectivity index (χ1) is 9.95. The molecular formula is C14H16BrNO5. The molecular weight excluding hydrogens is 342 g/mol. The highest BCUT2D eigenvalue weighted by Gasteiger charge is 2.21. The van der Waals surface area contributed by atoms with Crippen molar-refractivity contribution in [2.75, 3.05) is 6.61 Å². The van der Waals surface area contributed by atoms with Crippen LogP contribution in [0.5, 0.6) is 0 Å². The number of benzene rings is 1. The molecule has 0 bridgehead atoms. The molecule has 6 nitrogen and oxygen atoms in total. The fraction of sp³-hybridized carbons (Fsp3) is 0.429. The van der Waals surface area contributed by atoms with Crippen LogP contribution in [0.25, 0.3) is 0 Å². The molecule has 0 amide bonds. The number of ether oxygens (including phenoxy) is 1. The minimum absolute atomic E-state index is 0.0699. The first kappa shape index (κ1) is 17.3. The van der Waals surface area contributed by atoms with Crippen molar-refractivity contribution in [3.63, 3.8) is 0 Å². The predicted octanol–water partition coefficient (Wildman–Crippen LogP) is 3.27. The zero-order chi connectivity index (χ0) is 15.8. The Morgan fingerprint density at radius 2 is 1.95 bits per heavy atom. The molecule has 1 rings (SSSR count). The maximum atomic E-state index is 12.1. The zero-order valence-corrected chi connectivity index (χ0v) is 13.2. The molecule has 114 valence electrons. The number of nitro benzene ring substituents is 1. The molecule has 0 aliphatic heterocycles. The van der Waals surface area contributed by atoms with Crippen LogP contribution in [0.3, 0.4) is 0 Å². The number of rotatable bonds is 8. The van der Waals surface area contributed by atoms with Gasteiger partial charge in [-0.2, -0.15) is 0 Å². The number of hydrogen-bond acceptors (Lipinski definition) is 5. The summed E-state index contributed by atoms with van der Waals surface area (Å²) >= 11 is 3.15. The molecule has 1 aromatic carbocycles. The van der Waals surface area contributed by atoms with Gasteiger partial charge in [0.25, 0.3) is 5.69 Å². The Morgan fingerprint density at radius 3 is 2.48 bits per heavy atom. The first-order valence-corrected chi connectivity index (χ1v) is 7.45. The van der Waals surface area contributed by atoms with Crippen LogP contribution >= 0.6 is 15.9 Å². The number of nitrogens with zero attached hydrogens (tertiary/aromatic N) is 1. The molecule has 0 radical (unpaired) electrons. The third kappa shape index (κ3) is 5.63. The molecule has 0 aliphatic carbocycles. The Labute approximate surface area is 130 Å². The summed E-state index contributed by atoms with van der Waals surface area (Å²) in [6, 6.07) is 5.26. The van der Waals surface area contributed by atoms with Crippen LogP contribution < -0.4 is 0 Å². The van der Waals surface area contributed by atoms with Gasteiger partial charge in [0.1, 0.15) is 0 Å². The van der Waals surface area contributed by atoms with Gasteiger partial charge in [0, 0.05) is 17.7 Å². The number of esters is 1. The van der Waals surface area contributed by atoms with Crippen LogP contribution in [0.15, 0.2) is 24.3 Å². The fourth-order valence-corrected chi connectivity index (χ4v) is 2.09. The second kappa shape index (κ2) is 8.51. The fourth-order valence-electron chi connectivity index (χ4n) is 1.56. The normalized spacial score (nSPS) is 11.7. The average molecular weight is 358 g/mol. The molecule has 1 unspecified atom stereocenters. The molecule has 0 heterocycles. The van der Waals surface area contributed by atoms with E-state index in [1.807, 2.05) is 6.92 Å². The summed E-state index contributed by atoms with van der Waals surface area (Å²) in [5, 5.41) is 10.5. The number of hydrogen-bond donors (Lipinski definition) is 0. The van der Waals surface area contributed by atoms with Crippen LogP contribution in [0.4, 0.5) is 5.69 Å². The van der Waals surface area contributed by atoms with Crippen LogP contribution in [-0.2, 0) is 9.53 Å². The van der Waals surface area contributed by atoms with Gasteiger partial charge in [0.15, 0.2) is 5.78 Å². The van der Waals surface area contributed by atoms with Gasteiger partial charge in [-0.05, 0) is 18.6 Å². The van der Waals surface area contributed by atoms with Gasteiger partial charge in [0.05, 0.1) is 22.8 Å². The zero-order valence-electron chi connectivity index (χ0n) is 11.6. The van der Waals surface area contributed by atoms with Crippen molar-refractivity contribution < 1.29 is 19.2 Å². The van der Waals surface area contributed by atoms with E-state index < -0.39 is 15.7 Å². The third-order valence-corrected chi connectivity index (χ3v) is 3.49. The van der Waals surface area contributed by atoms with E-state index in [-0.39, 0.29) is 17.9 Å². The van der Waals surface area contributed by atoms with Gasteiger partial charge in [-0.25, -0.2) is 0 Å². The van der Waals surface area contributed by atoms with Gasteiger partial charge >= 0.3 is 5.97 Å². The van der Waals surface area contributed by atoms with E-state index >= 15 is 0 Å². The Bertz CT molecular complexity index is 515. The SMILES string of the molecule is CCCCOC(=O)CC(Br)C(=O)c1ccc([N+](=O)[O-])cc1. The predicted molar refractivity (Wildman–Crippen MR) is 80.6 cm³/mol. The van der Waals surface area contributed by atoms with Crippen LogP contribution in [0.1, 0.15) is 36.5 Å². The highest BCUT2D eigenvalue weighted by atomic mass is 79.9. The maximum absolute atomic E-state index is 12.1. The highest BCUT2D eigenvalue weighted by molar-refractivity contribution is 9.10. The summed E-state index contributed by atoms with van der Waals surface area (Å²) in [4.78, 5) is 32.9. The maximum Gasteiger partial charge on any atom is 0.307 e. The largest absolute Gasteiger partial charge is 0.466 e. The molecule has 0 spiro atoms. The van der Waals surface area contributed by atoms with Gasteiger partial charge < -0.3 is 4.74 Å². The Morgan fingerprint density at radius 1 is 1.33 bits per heavy atom. The minimum atomic E-state index is -0.701. The van der Waals surface area contributed by atoms with E-state index in [1.54, 1.807) is 0 Å². The second-order valence-corrected chi connectivity index (χ2v) is 5.52. The van der Waals surface area contributed by atoms with E-state index in [0.29, 0.717) is 12.2 Å². The topological polar surface area (TPSA) is 86.5 Å². The highest BCUT2D eigenvalue weighted by Crippen LogP contribution is 2.18. The lowest BCUT2D eigenvalue weighted by atomic mass is 10.1. The number of nitro groups is 1. The van der Waals surface area contributed by atoms with E-state index in [1.165, 1.54) is 24.3 Å². The van der Waals surface area contributed by atoms with Crippen molar-refractivity contribution in [3.8, 4) is 0 Å². The van der Waals surface area contributed by atoms with E-state index in [0.717, 1.165) is 12.8 Å². The number of alkyl halides is 1. The monoisotopic (exact) mass is 357 g/mol. The summed E-state index contributed by atoms with van der Waals surface area (Å²) in [5.41, 5.74) is 0.223. The van der Waals surface area contributed by atoms with Crippen molar-refractivity contribution in [1.29, 1.82) is 0 Å². The quantitative estimate of drug-likeness (QED) is 0.178. The summed E-state index contributed by atoms with van der Waals surface area (Å²) in [5.74, 6) is -0.752. The lowest BCUT2D eigenvalue weighted by Crippen LogP contribution is -2.20. The van der Waals surface area contributed by atoms with Crippen molar-refractivity contribution in [3.05, 3.63) is 39.9 Å². The first-order valence-electron chi connectivity index (χ1n) is 6.54. The third-order valence-electron chi connectivity index (χ3n) is 2.75. The molecule has 21 heavy (non-hydrogen) atoms. The van der Waals surface area contributed by atoms with Crippen molar-refractivity contribution in [2.45, 2.75) is 31.0 Å². The molecule has 1 aromatic rings. The second-order valence-electron chi connectivity index (χ2n) is 4.41. The van der Waals surface area contributed by atoms with Crippen molar-refractivity contribution in [1.82, 2.24) is 0 Å². The van der Waals surface area contributed by atoms with Crippen molar-refractivity contribution >= 4 is 33.4 Å². The van der Waals surface area contributed by atoms with E-state index in [9.17, 15) is 19.7 Å². The number of unbranched alkanes of at least 4 members (excludes halogenated alkanes) is 1. The smallest absolute Gasteiger partial charge is 0.307 e. The summed E-state index contributed by atoms with van der Waals surface area (Å²) < 4.78 is 4.98. The lowest BCUT2D eigenvalue weighted by Gasteiger charge is -2.09. The molecule has 0 aromatic heterocycles. The molecule has 0 N–H and O–H groups in total. The Hall–Kier alpha value is -1.76. The van der Waals surface area contributed by atoms with Crippen molar-refractivity contribution in [2.24, 2.45) is 0 Å². The summed E-state index contributed by atoms with van der Waals surface area (Å²) in [7, 11) is 0. The molecule has 0 saturated carbocycles. The summed E-state index contributed by atoms with van der Waals surface area (Å²) in [6.07, 6.45) is 1.64. The molecule has 0 saturated heterocycles. The number of Topliss-reactive ketones (excluding diaryl/α,β-unsaturated/α-hetero) is 1. The van der Waals surface area contributed by atoms with Gasteiger partial charge in [0.2, 0.25) is 0 Å². The summed E-state index contributed by atoms with van der Waals surface area (Å²) in [6.45, 7) is 2.33. The molecule has 0 fully saturated rings. The number of carbonyl (C=O) groups excluding carboxylic acids is 2. The van der Waals surface area contributed by atoms with Gasteiger partial charge in [-0.3, -0.25) is 19.7 Å². The molecule has 1 atom stereocenters. The van der Waals surface area contributed by atoms with Gasteiger partial charge in [-0.15, -0.1) is 0 Å². The average Bonchev–Trinajstić information content (AvgIpc) is 2.46. The Kier molecular flexibility index (Phi) is 7.01. The van der Waals surface area contributed by atoms with Crippen LogP contribution in [0.2, 0.25) is 0 Å². The molecule has 7 heteroatoms. The van der Waals surface area contributed by atoms with Crippen LogP contribution in [0, 0.1) is 10.1 Å². The number of non-ortho nitro benzene ring substituents is 1. The van der Waals surface area contributed by atoms with Crippen LogP contribution in [-0.4, -0.2) is 28.1 Å². The van der Waals surface area contributed by atoms with E-state index in [4.69, 9.17) is 4.74 Å².